The Kier molecular flexibility index (Phi) is 10.3. The van der Waals surface area contributed by atoms with Crippen molar-refractivity contribution in [3.63, 3.8) is 0 Å². The molecule has 0 bridgehead atoms. The van der Waals surface area contributed by atoms with Crippen molar-refractivity contribution in [1.82, 2.24) is 10.4 Å². The number of nitrogens with one attached hydrogen (secondary N) is 1. The van der Waals surface area contributed by atoms with Crippen LogP contribution in [0.1, 0.15) is 69.2 Å². The fourth-order valence-electron chi connectivity index (χ4n) is 2.72. The smallest absolute Gasteiger partial charge is 0.350 e. The summed E-state index contributed by atoms with van der Waals surface area (Å²) >= 11 is 0. The first-order valence-electron chi connectivity index (χ1n) is 9.83. The summed E-state index contributed by atoms with van der Waals surface area (Å²) in [6.45, 7) is 18.7. The number of aliphatic hydroxyl groups excluding tert-OH is 1. The topological polar surface area (TPSA) is 97.3 Å². The molecular formula is C19H41N2O6P. The summed E-state index contributed by atoms with van der Waals surface area (Å²) in [6.07, 6.45) is 0. The van der Waals surface area contributed by atoms with Crippen molar-refractivity contribution in [3.8, 4) is 0 Å². The lowest BCUT2D eigenvalue weighted by atomic mass is 9.94. The highest BCUT2D eigenvalue weighted by Crippen LogP contribution is 2.61. The molecule has 168 valence electrons. The molecule has 0 spiro atoms. The number of hydroxylamine groups is 2. The first kappa shape index (κ1) is 27.5. The number of hydrogen-bond acceptors (Lipinski definition) is 7. The van der Waals surface area contributed by atoms with E-state index >= 15 is 0 Å². The molecule has 0 rings (SSSR count). The first-order valence-corrected chi connectivity index (χ1v) is 11.4. The van der Waals surface area contributed by atoms with E-state index in [0.29, 0.717) is 0 Å². The summed E-state index contributed by atoms with van der Waals surface area (Å²) < 4.78 is 25.1. The van der Waals surface area contributed by atoms with Gasteiger partial charge >= 0.3 is 7.60 Å². The van der Waals surface area contributed by atoms with Gasteiger partial charge in [0.15, 0.2) is 5.60 Å². The summed E-state index contributed by atoms with van der Waals surface area (Å²) in [6, 6.07) is 0. The van der Waals surface area contributed by atoms with Gasteiger partial charge in [0.2, 0.25) is 0 Å². The molecule has 0 aliphatic carbocycles. The van der Waals surface area contributed by atoms with Crippen LogP contribution in [0.2, 0.25) is 0 Å². The van der Waals surface area contributed by atoms with E-state index in [1.54, 1.807) is 32.8 Å². The van der Waals surface area contributed by atoms with E-state index in [4.69, 9.17) is 19.0 Å². The minimum Gasteiger partial charge on any atom is -0.395 e. The Morgan fingerprint density at radius 3 is 1.82 bits per heavy atom. The Morgan fingerprint density at radius 2 is 1.50 bits per heavy atom. The Labute approximate surface area is 170 Å². The molecule has 0 fully saturated rings. The number of rotatable bonds is 11. The molecular weight excluding hydrogens is 383 g/mol. The van der Waals surface area contributed by atoms with Crippen LogP contribution in [0.4, 0.5) is 0 Å². The lowest BCUT2D eigenvalue weighted by Gasteiger charge is -2.49. The van der Waals surface area contributed by atoms with Gasteiger partial charge in [0.05, 0.1) is 19.8 Å². The lowest BCUT2D eigenvalue weighted by molar-refractivity contribution is -0.286. The average Bonchev–Trinajstić information content (AvgIpc) is 2.49. The van der Waals surface area contributed by atoms with Crippen LogP contribution in [-0.2, 0) is 23.2 Å². The van der Waals surface area contributed by atoms with Crippen LogP contribution >= 0.6 is 7.60 Å². The van der Waals surface area contributed by atoms with Gasteiger partial charge in [-0.25, -0.2) is 0 Å². The number of nitrogens with zero attached hydrogens (tertiary/aromatic N) is 1. The van der Waals surface area contributed by atoms with E-state index in [1.807, 2.05) is 41.5 Å². The fourth-order valence-corrected chi connectivity index (χ4v) is 5.39. The minimum absolute atomic E-state index is 0.125. The van der Waals surface area contributed by atoms with E-state index in [1.165, 1.54) is 0 Å². The zero-order chi connectivity index (χ0) is 22.4. The highest BCUT2D eigenvalue weighted by molar-refractivity contribution is 7.54. The zero-order valence-electron chi connectivity index (χ0n) is 19.3. The minimum atomic E-state index is -3.61. The summed E-state index contributed by atoms with van der Waals surface area (Å²) in [7, 11) is -3.61. The Balaban J connectivity index is 6.23. The van der Waals surface area contributed by atoms with Crippen molar-refractivity contribution in [2.75, 3.05) is 26.4 Å². The normalized spacial score (nSPS) is 15.0. The molecule has 8 nitrogen and oxygen atoms in total. The van der Waals surface area contributed by atoms with Crippen LogP contribution in [0.15, 0.2) is 0 Å². The van der Waals surface area contributed by atoms with Crippen LogP contribution in [-0.4, -0.2) is 59.4 Å². The molecule has 0 aliphatic heterocycles. The molecule has 1 atom stereocenters. The summed E-state index contributed by atoms with van der Waals surface area (Å²) in [5.41, 5.74) is -2.43. The van der Waals surface area contributed by atoms with Crippen molar-refractivity contribution in [2.24, 2.45) is 5.41 Å². The van der Waals surface area contributed by atoms with E-state index in [-0.39, 0.29) is 32.3 Å². The maximum atomic E-state index is 13.8. The highest BCUT2D eigenvalue weighted by atomic mass is 31.2. The van der Waals surface area contributed by atoms with Crippen LogP contribution in [0.25, 0.3) is 0 Å². The third-order valence-corrected chi connectivity index (χ3v) is 6.67. The van der Waals surface area contributed by atoms with Crippen LogP contribution < -0.4 is 5.32 Å². The predicted molar refractivity (Wildman–Crippen MR) is 111 cm³/mol. The number of carbonyl (C=O) groups excluding carboxylic acids is 1. The highest BCUT2D eigenvalue weighted by Gasteiger charge is 2.53. The quantitative estimate of drug-likeness (QED) is 0.387. The third-order valence-electron chi connectivity index (χ3n) is 3.85. The van der Waals surface area contributed by atoms with Gasteiger partial charge < -0.3 is 19.5 Å². The van der Waals surface area contributed by atoms with Gasteiger partial charge in [0, 0.05) is 12.1 Å². The molecule has 0 aromatic rings. The van der Waals surface area contributed by atoms with Crippen molar-refractivity contribution in [2.45, 2.75) is 86.2 Å². The number of carbonyl (C=O) groups is 1. The standard InChI is InChI=1S/C19H41N2O6P/c1-11-25-28(24,26-12-2)16(17(3,4)5)21(18(6,7)8)27-19(9,10)15(23)20-13-14-22/h16,22H,11-14H2,1-10H3,(H,20,23). The van der Waals surface area contributed by atoms with E-state index < -0.39 is 29.9 Å². The third kappa shape index (κ3) is 7.73. The molecule has 0 saturated carbocycles. The van der Waals surface area contributed by atoms with E-state index in [0.717, 1.165) is 0 Å². The molecule has 0 aliphatic rings. The molecule has 0 aromatic carbocycles. The second kappa shape index (κ2) is 10.5. The van der Waals surface area contributed by atoms with Gasteiger partial charge in [-0.3, -0.25) is 14.2 Å². The predicted octanol–water partition coefficient (Wildman–Crippen LogP) is 3.54. The molecule has 0 heterocycles. The van der Waals surface area contributed by atoms with E-state index in [9.17, 15) is 9.36 Å². The van der Waals surface area contributed by atoms with Gasteiger partial charge in [-0.05, 0) is 53.9 Å². The largest absolute Gasteiger partial charge is 0.395 e. The second-order valence-corrected chi connectivity index (χ2v) is 11.3. The summed E-state index contributed by atoms with van der Waals surface area (Å²) in [5, 5.41) is 13.2. The molecule has 2 N–H and O–H groups in total. The van der Waals surface area contributed by atoms with Crippen molar-refractivity contribution in [3.05, 3.63) is 0 Å². The number of hydrogen-bond donors (Lipinski definition) is 2. The van der Waals surface area contributed by atoms with Gasteiger partial charge in [-0.15, -0.1) is 0 Å². The molecule has 28 heavy (non-hydrogen) atoms. The Hall–Kier alpha value is -0.500. The zero-order valence-corrected chi connectivity index (χ0v) is 20.2. The van der Waals surface area contributed by atoms with Crippen molar-refractivity contribution < 1.29 is 28.4 Å². The van der Waals surface area contributed by atoms with Crippen molar-refractivity contribution >= 4 is 13.5 Å². The maximum Gasteiger partial charge on any atom is 0.350 e. The van der Waals surface area contributed by atoms with Crippen LogP contribution in [0.5, 0.6) is 0 Å². The first-order chi connectivity index (χ1) is 12.6. The monoisotopic (exact) mass is 424 g/mol. The Bertz CT molecular complexity index is 530. The molecule has 1 unspecified atom stereocenters. The van der Waals surface area contributed by atoms with Gasteiger partial charge in [0.1, 0.15) is 5.78 Å². The molecule has 0 radical (unpaired) electrons. The lowest BCUT2D eigenvalue weighted by Crippen LogP contribution is -2.59. The van der Waals surface area contributed by atoms with Crippen LogP contribution in [0, 0.1) is 5.41 Å². The number of amides is 1. The van der Waals surface area contributed by atoms with Crippen molar-refractivity contribution in [1.29, 1.82) is 0 Å². The number of aliphatic hydroxyl groups is 1. The Morgan fingerprint density at radius 1 is 1.04 bits per heavy atom. The van der Waals surface area contributed by atoms with E-state index in [2.05, 4.69) is 5.32 Å². The molecule has 0 aromatic heterocycles. The molecule has 1 amide bonds. The SMILES string of the molecule is CCOP(=O)(OCC)C(N(OC(C)(C)C(=O)NCCO)C(C)(C)C)C(C)(C)C. The summed E-state index contributed by atoms with van der Waals surface area (Å²) in [4.78, 5) is 18.8. The second-order valence-electron chi connectivity index (χ2n) is 9.19. The average molecular weight is 425 g/mol. The summed E-state index contributed by atoms with van der Waals surface area (Å²) in [5.74, 6) is -1.14. The molecule has 9 heteroatoms. The fraction of sp³-hybridized carbons (Fsp3) is 0.947. The van der Waals surface area contributed by atoms with Gasteiger partial charge in [-0.2, -0.15) is 5.06 Å². The maximum absolute atomic E-state index is 13.8. The van der Waals surface area contributed by atoms with Gasteiger partial charge in [-0.1, -0.05) is 20.8 Å². The van der Waals surface area contributed by atoms with Gasteiger partial charge in [0.25, 0.3) is 5.91 Å². The van der Waals surface area contributed by atoms with Crippen LogP contribution in [0.3, 0.4) is 0 Å². The molecule has 0 saturated heterocycles.